The molecule has 0 aromatic carbocycles. The van der Waals surface area contributed by atoms with Crippen molar-refractivity contribution in [2.75, 3.05) is 24.6 Å². The van der Waals surface area contributed by atoms with Crippen LogP contribution in [0.1, 0.15) is 12.0 Å². The van der Waals surface area contributed by atoms with Crippen molar-refractivity contribution in [1.82, 2.24) is 9.88 Å². The molecule has 1 saturated heterocycles. The number of thioether (sulfide) groups is 1. The van der Waals surface area contributed by atoms with Crippen LogP contribution in [0.15, 0.2) is 12.3 Å². The Labute approximate surface area is 110 Å². The highest BCUT2D eigenvalue weighted by Gasteiger charge is 2.11. The van der Waals surface area contributed by atoms with Gasteiger partial charge < -0.3 is 0 Å². The molecule has 2 nitrogen and oxygen atoms in total. The van der Waals surface area contributed by atoms with Gasteiger partial charge in [-0.15, -0.1) is 0 Å². The molecule has 0 spiro atoms. The van der Waals surface area contributed by atoms with Crippen LogP contribution in [0.25, 0.3) is 0 Å². The molecule has 16 heavy (non-hydrogen) atoms. The number of hydrogen-bond donors (Lipinski definition) is 0. The van der Waals surface area contributed by atoms with Gasteiger partial charge in [-0.05, 0) is 24.8 Å². The van der Waals surface area contributed by atoms with Crippen LogP contribution < -0.4 is 0 Å². The van der Waals surface area contributed by atoms with E-state index >= 15 is 0 Å². The predicted octanol–water partition coefficient (Wildman–Crippen LogP) is 3.33. The van der Waals surface area contributed by atoms with Crippen LogP contribution in [-0.2, 0) is 6.54 Å². The van der Waals surface area contributed by atoms with Crippen molar-refractivity contribution in [3.05, 3.63) is 28.0 Å². The van der Waals surface area contributed by atoms with Crippen molar-refractivity contribution >= 4 is 35.0 Å². The fraction of sp³-hybridized carbons (Fsp3) is 0.545. The molecular weight excluding hydrogens is 263 g/mol. The summed E-state index contributed by atoms with van der Waals surface area (Å²) in [6.07, 6.45) is 3.03. The van der Waals surface area contributed by atoms with Crippen LogP contribution in [0.3, 0.4) is 0 Å². The molecule has 2 heterocycles. The van der Waals surface area contributed by atoms with Crippen LogP contribution in [-0.4, -0.2) is 34.5 Å². The molecule has 1 aliphatic heterocycles. The number of rotatable bonds is 2. The molecule has 0 saturated carbocycles. The highest BCUT2D eigenvalue weighted by Crippen LogP contribution is 2.21. The summed E-state index contributed by atoms with van der Waals surface area (Å²) in [6, 6.07) is 1.71. The maximum absolute atomic E-state index is 6.13. The molecule has 5 heteroatoms. The van der Waals surface area contributed by atoms with Crippen LogP contribution in [0.5, 0.6) is 0 Å². The Bertz CT molecular complexity index is 352. The highest BCUT2D eigenvalue weighted by molar-refractivity contribution is 7.99. The van der Waals surface area contributed by atoms with Crippen LogP contribution in [0, 0.1) is 0 Å². The van der Waals surface area contributed by atoms with Gasteiger partial charge in [0.05, 0.1) is 0 Å². The third-order valence-corrected chi connectivity index (χ3v) is 4.21. The molecule has 0 amide bonds. The Kier molecular flexibility index (Phi) is 4.77. The van der Waals surface area contributed by atoms with Crippen molar-refractivity contribution in [3.63, 3.8) is 0 Å². The van der Waals surface area contributed by atoms with E-state index in [1.54, 1.807) is 12.3 Å². The van der Waals surface area contributed by atoms with Gasteiger partial charge >= 0.3 is 0 Å². The van der Waals surface area contributed by atoms with Gasteiger partial charge in [-0.25, -0.2) is 4.98 Å². The molecule has 2 rings (SSSR count). The first-order chi connectivity index (χ1) is 7.75. The quantitative estimate of drug-likeness (QED) is 0.771. The minimum absolute atomic E-state index is 0.458. The van der Waals surface area contributed by atoms with Crippen LogP contribution in [0.4, 0.5) is 0 Å². The van der Waals surface area contributed by atoms with Crippen molar-refractivity contribution < 1.29 is 0 Å². The fourth-order valence-corrected chi connectivity index (χ4v) is 3.10. The van der Waals surface area contributed by atoms with E-state index in [1.165, 1.54) is 17.9 Å². The van der Waals surface area contributed by atoms with E-state index in [0.29, 0.717) is 5.15 Å². The highest BCUT2D eigenvalue weighted by atomic mass is 35.5. The lowest BCUT2D eigenvalue weighted by atomic mass is 10.2. The molecule has 88 valence electrons. The van der Waals surface area contributed by atoms with E-state index in [1.807, 2.05) is 11.8 Å². The molecule has 1 aromatic rings. The predicted molar refractivity (Wildman–Crippen MR) is 71.5 cm³/mol. The van der Waals surface area contributed by atoms with Gasteiger partial charge in [0, 0.05) is 35.6 Å². The van der Waals surface area contributed by atoms with E-state index in [9.17, 15) is 0 Å². The number of pyridine rings is 1. The molecule has 0 aliphatic carbocycles. The summed E-state index contributed by atoms with van der Waals surface area (Å²) in [7, 11) is 0. The average molecular weight is 277 g/mol. The Morgan fingerprint density at radius 1 is 1.31 bits per heavy atom. The second-order valence-corrected chi connectivity index (χ2v) is 5.86. The fourth-order valence-electron chi connectivity index (χ4n) is 1.75. The molecule has 0 atom stereocenters. The monoisotopic (exact) mass is 276 g/mol. The molecule has 0 unspecified atom stereocenters. The Morgan fingerprint density at radius 2 is 2.19 bits per heavy atom. The van der Waals surface area contributed by atoms with Gasteiger partial charge in [0.15, 0.2) is 0 Å². The van der Waals surface area contributed by atoms with E-state index in [4.69, 9.17) is 23.2 Å². The molecule has 1 fully saturated rings. The summed E-state index contributed by atoms with van der Waals surface area (Å²) >= 11 is 13.9. The van der Waals surface area contributed by atoms with Crippen molar-refractivity contribution in [2.24, 2.45) is 0 Å². The molecule has 0 N–H and O–H groups in total. The average Bonchev–Trinajstić information content (AvgIpc) is 2.51. The van der Waals surface area contributed by atoms with Gasteiger partial charge in [0.1, 0.15) is 5.15 Å². The zero-order valence-electron chi connectivity index (χ0n) is 8.96. The van der Waals surface area contributed by atoms with Crippen LogP contribution in [0.2, 0.25) is 10.2 Å². The van der Waals surface area contributed by atoms with Gasteiger partial charge in [0.25, 0.3) is 0 Å². The lowest BCUT2D eigenvalue weighted by molar-refractivity contribution is 0.287. The minimum Gasteiger partial charge on any atom is -0.298 e. The largest absolute Gasteiger partial charge is 0.298 e. The summed E-state index contributed by atoms with van der Waals surface area (Å²) < 4.78 is 0. The molecule has 0 radical (unpaired) electrons. The lowest BCUT2D eigenvalue weighted by Gasteiger charge is -2.19. The third kappa shape index (κ3) is 3.52. The Morgan fingerprint density at radius 3 is 3.00 bits per heavy atom. The first-order valence-corrected chi connectivity index (χ1v) is 7.27. The van der Waals surface area contributed by atoms with Gasteiger partial charge in [-0.2, -0.15) is 11.8 Å². The second-order valence-electron chi connectivity index (χ2n) is 3.84. The Balaban J connectivity index is 2.01. The number of hydrogen-bond acceptors (Lipinski definition) is 3. The summed E-state index contributed by atoms with van der Waals surface area (Å²) in [5.74, 6) is 2.47. The van der Waals surface area contributed by atoms with Crippen molar-refractivity contribution in [1.29, 1.82) is 0 Å². The smallest absolute Gasteiger partial charge is 0.130 e. The summed E-state index contributed by atoms with van der Waals surface area (Å²) in [5, 5.41) is 1.18. The van der Waals surface area contributed by atoms with Gasteiger partial charge in [0.2, 0.25) is 0 Å². The summed E-state index contributed by atoms with van der Waals surface area (Å²) in [6.45, 7) is 3.15. The summed E-state index contributed by atoms with van der Waals surface area (Å²) in [5.41, 5.74) is 1.07. The minimum atomic E-state index is 0.458. The zero-order valence-corrected chi connectivity index (χ0v) is 11.3. The SMILES string of the molecule is Clc1cc(Cl)c(CN2CCCSCC2)cn1. The van der Waals surface area contributed by atoms with E-state index < -0.39 is 0 Å². The number of aromatic nitrogens is 1. The molecule has 1 aliphatic rings. The maximum atomic E-state index is 6.13. The normalized spacial score (nSPS) is 18.4. The summed E-state index contributed by atoms with van der Waals surface area (Å²) in [4.78, 5) is 6.51. The number of halogens is 2. The topological polar surface area (TPSA) is 16.1 Å². The zero-order chi connectivity index (χ0) is 11.4. The second kappa shape index (κ2) is 6.10. The molecule has 1 aromatic heterocycles. The van der Waals surface area contributed by atoms with Crippen molar-refractivity contribution in [3.8, 4) is 0 Å². The molecule has 0 bridgehead atoms. The van der Waals surface area contributed by atoms with Gasteiger partial charge in [-0.1, -0.05) is 23.2 Å². The van der Waals surface area contributed by atoms with E-state index in [2.05, 4.69) is 9.88 Å². The van der Waals surface area contributed by atoms with E-state index in [-0.39, 0.29) is 0 Å². The lowest BCUT2D eigenvalue weighted by Crippen LogP contribution is -2.25. The van der Waals surface area contributed by atoms with E-state index in [0.717, 1.165) is 30.2 Å². The third-order valence-electron chi connectivity index (χ3n) is 2.61. The first kappa shape index (κ1) is 12.5. The van der Waals surface area contributed by atoms with Crippen LogP contribution >= 0.6 is 35.0 Å². The molecular formula is C11H14Cl2N2S. The first-order valence-electron chi connectivity index (χ1n) is 5.36. The Hall–Kier alpha value is 0.0400. The van der Waals surface area contributed by atoms with Crippen molar-refractivity contribution in [2.45, 2.75) is 13.0 Å². The maximum Gasteiger partial charge on any atom is 0.130 e. The van der Waals surface area contributed by atoms with Gasteiger partial charge in [-0.3, -0.25) is 4.90 Å². The number of nitrogens with zero attached hydrogens (tertiary/aromatic N) is 2. The standard InChI is InChI=1S/C11H14Cl2N2S/c12-10-6-11(13)14-7-9(10)8-15-2-1-4-16-5-3-15/h6-7H,1-5,8H2.